The van der Waals surface area contributed by atoms with Crippen LogP contribution in [0, 0.1) is 24.2 Å². The van der Waals surface area contributed by atoms with Gasteiger partial charge >= 0.3 is 0 Å². The second-order valence-electron chi connectivity index (χ2n) is 6.76. The summed E-state index contributed by atoms with van der Waals surface area (Å²) in [6.45, 7) is 7.31. The number of nitrogens with one attached hydrogen (secondary N) is 1. The van der Waals surface area contributed by atoms with Crippen molar-refractivity contribution in [2.75, 3.05) is 13.7 Å². The topological polar surface area (TPSA) is 64.6 Å². The molecule has 1 rings (SSSR count). The summed E-state index contributed by atoms with van der Waals surface area (Å²) in [5.41, 5.74) is 0.665. The molecule has 0 radical (unpaired) electrons. The molecule has 0 aromatic heterocycles. The highest BCUT2D eigenvalue weighted by molar-refractivity contribution is 5.98. The van der Waals surface area contributed by atoms with Gasteiger partial charge in [-0.15, -0.1) is 6.42 Å². The molecular formula is C21H25NO4. The molecule has 0 aliphatic heterocycles. The van der Waals surface area contributed by atoms with Crippen molar-refractivity contribution >= 4 is 11.7 Å². The summed E-state index contributed by atoms with van der Waals surface area (Å²) >= 11 is 0. The molecule has 5 heteroatoms. The zero-order valence-electron chi connectivity index (χ0n) is 15.9. The Morgan fingerprint density at radius 3 is 2.35 bits per heavy atom. The second-order valence-corrected chi connectivity index (χ2v) is 6.76. The van der Waals surface area contributed by atoms with Crippen molar-refractivity contribution < 1.29 is 19.1 Å². The Hall–Kier alpha value is -2.60. The highest BCUT2D eigenvalue weighted by Gasteiger charge is 2.30. The van der Waals surface area contributed by atoms with E-state index in [1.165, 1.54) is 7.11 Å². The van der Waals surface area contributed by atoms with Gasteiger partial charge in [0.15, 0.2) is 5.78 Å². The van der Waals surface area contributed by atoms with Crippen molar-refractivity contribution in [3.63, 3.8) is 0 Å². The first-order valence-electron chi connectivity index (χ1n) is 8.25. The fourth-order valence-corrected chi connectivity index (χ4v) is 2.36. The van der Waals surface area contributed by atoms with Gasteiger partial charge in [-0.05, 0) is 63.8 Å². The van der Waals surface area contributed by atoms with Crippen molar-refractivity contribution in [1.82, 2.24) is 5.32 Å². The quantitative estimate of drug-likeness (QED) is 0.762. The van der Waals surface area contributed by atoms with E-state index in [2.05, 4.69) is 23.1 Å². The van der Waals surface area contributed by atoms with Crippen LogP contribution in [-0.4, -0.2) is 43.2 Å². The molecule has 0 unspecified atom stereocenters. The molecule has 1 N–H and O–H groups in total. The van der Waals surface area contributed by atoms with Gasteiger partial charge < -0.3 is 14.8 Å². The summed E-state index contributed by atoms with van der Waals surface area (Å²) < 4.78 is 10.8. The largest absolute Gasteiger partial charge is 0.377 e. The van der Waals surface area contributed by atoms with E-state index in [9.17, 15) is 9.59 Å². The van der Waals surface area contributed by atoms with Crippen LogP contribution in [0.15, 0.2) is 24.3 Å². The van der Waals surface area contributed by atoms with Crippen molar-refractivity contribution in [2.45, 2.75) is 45.4 Å². The summed E-state index contributed by atoms with van der Waals surface area (Å²) in [6.07, 6.45) is 4.58. The van der Waals surface area contributed by atoms with E-state index in [-0.39, 0.29) is 18.3 Å². The van der Waals surface area contributed by atoms with Crippen LogP contribution >= 0.6 is 0 Å². The SMILES string of the molecule is C#CC#Cc1ccc(C(=O)N[C@H](C(=O)COC)[C@@H](C)OC(C)(C)C)cc1. The minimum absolute atomic E-state index is 0.108. The standard InChI is InChI=1S/C21H25NO4/c1-7-8-9-16-10-12-17(13-11-16)20(24)22-19(18(23)14-25-6)15(2)26-21(3,4)5/h1,10-13,15,19H,14H2,2-6H3,(H,22,24)/t15-,19+/m1/s1. The van der Waals surface area contributed by atoms with Crippen LogP contribution in [0.1, 0.15) is 43.6 Å². The van der Waals surface area contributed by atoms with Gasteiger partial charge in [0.05, 0.1) is 11.7 Å². The highest BCUT2D eigenvalue weighted by atomic mass is 16.5. The van der Waals surface area contributed by atoms with Crippen molar-refractivity contribution in [3.8, 4) is 24.2 Å². The van der Waals surface area contributed by atoms with Crippen LogP contribution in [0.4, 0.5) is 0 Å². The molecule has 0 aliphatic carbocycles. The van der Waals surface area contributed by atoms with Crippen LogP contribution in [0.2, 0.25) is 0 Å². The summed E-state index contributed by atoms with van der Waals surface area (Å²) in [6, 6.07) is 5.83. The normalized spacial score (nSPS) is 12.9. The number of rotatable bonds is 7. The summed E-state index contributed by atoms with van der Waals surface area (Å²) in [7, 11) is 1.43. The Bertz CT molecular complexity index is 726. The van der Waals surface area contributed by atoms with E-state index in [0.717, 1.165) is 0 Å². The second kappa shape index (κ2) is 9.77. The minimum atomic E-state index is -0.817. The molecule has 138 valence electrons. The number of amides is 1. The van der Waals surface area contributed by atoms with E-state index < -0.39 is 17.7 Å². The number of ketones is 1. The fourth-order valence-electron chi connectivity index (χ4n) is 2.36. The first kappa shape index (κ1) is 21.4. The van der Waals surface area contributed by atoms with E-state index in [4.69, 9.17) is 15.9 Å². The van der Waals surface area contributed by atoms with Gasteiger partial charge in [0, 0.05) is 18.2 Å². The number of Topliss-reactive ketones (excluding diaryl/α,β-unsaturated/α-hetero) is 1. The predicted octanol–water partition coefficient (Wildman–Crippen LogP) is 2.19. The first-order chi connectivity index (χ1) is 12.2. The van der Waals surface area contributed by atoms with Gasteiger partial charge in [-0.25, -0.2) is 0 Å². The number of carbonyl (C=O) groups excluding carboxylic acids is 2. The van der Waals surface area contributed by atoms with Crippen molar-refractivity contribution in [1.29, 1.82) is 0 Å². The maximum Gasteiger partial charge on any atom is 0.251 e. The van der Waals surface area contributed by atoms with Crippen molar-refractivity contribution in [2.24, 2.45) is 0 Å². The minimum Gasteiger partial charge on any atom is -0.377 e. The molecule has 1 amide bonds. The third-order valence-corrected chi connectivity index (χ3v) is 3.36. The molecule has 0 saturated heterocycles. The summed E-state index contributed by atoms with van der Waals surface area (Å²) in [5, 5.41) is 2.74. The number of ether oxygens (including phenoxy) is 2. The van der Waals surface area contributed by atoms with Crippen molar-refractivity contribution in [3.05, 3.63) is 35.4 Å². The Morgan fingerprint density at radius 1 is 1.23 bits per heavy atom. The average molecular weight is 355 g/mol. The molecule has 0 spiro atoms. The Kier molecular flexibility index (Phi) is 8.06. The number of carbonyl (C=O) groups is 2. The maximum absolute atomic E-state index is 12.5. The smallest absolute Gasteiger partial charge is 0.251 e. The molecule has 0 fully saturated rings. The molecule has 5 nitrogen and oxygen atoms in total. The fraction of sp³-hybridized carbons (Fsp3) is 0.429. The highest BCUT2D eigenvalue weighted by Crippen LogP contribution is 2.14. The molecule has 2 atom stereocenters. The first-order valence-corrected chi connectivity index (χ1v) is 8.25. The van der Waals surface area contributed by atoms with Gasteiger partial charge in [-0.2, -0.15) is 0 Å². The van der Waals surface area contributed by atoms with E-state index >= 15 is 0 Å². The van der Waals surface area contributed by atoms with Crippen LogP contribution in [-0.2, 0) is 14.3 Å². The third kappa shape index (κ3) is 7.11. The molecule has 1 aromatic carbocycles. The van der Waals surface area contributed by atoms with E-state index in [0.29, 0.717) is 11.1 Å². The lowest BCUT2D eigenvalue weighted by atomic mass is 10.0. The zero-order chi connectivity index (χ0) is 19.7. The maximum atomic E-state index is 12.5. The Morgan fingerprint density at radius 2 is 1.85 bits per heavy atom. The van der Waals surface area contributed by atoms with Gasteiger partial charge in [0.1, 0.15) is 12.6 Å². The summed E-state index contributed by atoms with van der Waals surface area (Å²) in [4.78, 5) is 24.9. The molecule has 26 heavy (non-hydrogen) atoms. The van der Waals surface area contributed by atoms with E-state index in [1.807, 2.05) is 20.8 Å². The number of hydrogen-bond acceptors (Lipinski definition) is 4. The number of hydrogen-bond donors (Lipinski definition) is 1. The summed E-state index contributed by atoms with van der Waals surface area (Å²) in [5.74, 6) is 6.89. The van der Waals surface area contributed by atoms with Gasteiger partial charge in [-0.3, -0.25) is 9.59 Å². The Balaban J connectivity index is 2.94. The monoisotopic (exact) mass is 355 g/mol. The molecule has 0 bridgehead atoms. The zero-order valence-corrected chi connectivity index (χ0v) is 15.9. The lowest BCUT2D eigenvalue weighted by molar-refractivity contribution is -0.132. The van der Waals surface area contributed by atoms with Crippen LogP contribution in [0.3, 0.4) is 0 Å². The van der Waals surface area contributed by atoms with Crippen LogP contribution in [0.25, 0.3) is 0 Å². The predicted molar refractivity (Wildman–Crippen MR) is 101 cm³/mol. The number of methoxy groups -OCH3 is 1. The molecule has 0 heterocycles. The van der Waals surface area contributed by atoms with E-state index in [1.54, 1.807) is 31.2 Å². The molecular weight excluding hydrogens is 330 g/mol. The van der Waals surface area contributed by atoms with Gasteiger partial charge in [0.2, 0.25) is 0 Å². The third-order valence-electron chi connectivity index (χ3n) is 3.36. The van der Waals surface area contributed by atoms with Gasteiger partial charge in [-0.1, -0.05) is 5.92 Å². The lowest BCUT2D eigenvalue weighted by Gasteiger charge is -2.30. The average Bonchev–Trinajstić information content (AvgIpc) is 2.56. The molecule has 0 aliphatic rings. The molecule has 0 saturated carbocycles. The van der Waals surface area contributed by atoms with Crippen LogP contribution < -0.4 is 5.32 Å². The van der Waals surface area contributed by atoms with Gasteiger partial charge in [0.25, 0.3) is 5.91 Å². The van der Waals surface area contributed by atoms with Crippen LogP contribution in [0.5, 0.6) is 0 Å². The number of terminal acetylenes is 1. The Labute approximate surface area is 155 Å². The lowest BCUT2D eigenvalue weighted by Crippen LogP contribution is -2.51. The molecule has 1 aromatic rings. The number of benzene rings is 1.